The molecule has 2 rings (SSSR count). The van der Waals surface area contributed by atoms with Gasteiger partial charge in [-0.3, -0.25) is 4.79 Å². The lowest BCUT2D eigenvalue weighted by Gasteiger charge is -2.39. The van der Waals surface area contributed by atoms with Crippen LogP contribution in [0.25, 0.3) is 0 Å². The van der Waals surface area contributed by atoms with Crippen LogP contribution in [0.3, 0.4) is 0 Å². The molecule has 0 aromatic heterocycles. The minimum absolute atomic E-state index is 0.405. The van der Waals surface area contributed by atoms with E-state index in [9.17, 15) is 4.79 Å². The third-order valence-electron chi connectivity index (χ3n) is 5.28. The minimum Gasteiger partial charge on any atom is -0.300 e. The van der Waals surface area contributed by atoms with Gasteiger partial charge in [0.05, 0.1) is 0 Å². The minimum atomic E-state index is 0.405. The quantitative estimate of drug-likeness (QED) is 0.691. The molecule has 0 aromatic rings. The molecule has 2 aliphatic carbocycles. The largest absolute Gasteiger partial charge is 0.300 e. The number of Topliss-reactive ketones (excluding diaryl/α,β-unsaturated/α-hetero) is 1. The van der Waals surface area contributed by atoms with E-state index in [4.69, 9.17) is 0 Å². The molecule has 0 saturated heterocycles. The molecule has 0 heterocycles. The van der Waals surface area contributed by atoms with E-state index < -0.39 is 0 Å². The van der Waals surface area contributed by atoms with Crippen molar-refractivity contribution in [3.8, 4) is 0 Å². The first-order valence-corrected chi connectivity index (χ1v) is 7.59. The highest BCUT2D eigenvalue weighted by Crippen LogP contribution is 2.43. The van der Waals surface area contributed by atoms with Crippen LogP contribution in [0.5, 0.6) is 0 Å². The molecule has 1 heteroatoms. The van der Waals surface area contributed by atoms with Crippen LogP contribution in [0.15, 0.2) is 0 Å². The molecule has 0 bridgehead atoms. The summed E-state index contributed by atoms with van der Waals surface area (Å²) in [6, 6.07) is 0. The molecule has 17 heavy (non-hydrogen) atoms. The van der Waals surface area contributed by atoms with Gasteiger partial charge in [-0.05, 0) is 30.1 Å². The normalized spacial score (nSPS) is 30.5. The molecular weight excluding hydrogens is 208 g/mol. The van der Waals surface area contributed by atoms with Gasteiger partial charge in [-0.25, -0.2) is 0 Å². The Labute approximate surface area is 106 Å². The molecule has 1 atom stereocenters. The van der Waals surface area contributed by atoms with Gasteiger partial charge < -0.3 is 0 Å². The Morgan fingerprint density at radius 1 is 1.12 bits per heavy atom. The van der Waals surface area contributed by atoms with Crippen molar-refractivity contribution in [2.45, 2.75) is 78.1 Å². The topological polar surface area (TPSA) is 17.1 Å². The summed E-state index contributed by atoms with van der Waals surface area (Å²) in [6.07, 6.45) is 12.7. The van der Waals surface area contributed by atoms with Gasteiger partial charge in [-0.2, -0.15) is 0 Å². The number of carbonyl (C=O) groups excluding carboxylic acids is 1. The van der Waals surface area contributed by atoms with Crippen molar-refractivity contribution in [2.75, 3.05) is 0 Å². The van der Waals surface area contributed by atoms with Crippen LogP contribution in [0.2, 0.25) is 0 Å². The maximum atomic E-state index is 11.6. The van der Waals surface area contributed by atoms with Gasteiger partial charge in [0, 0.05) is 12.8 Å². The van der Waals surface area contributed by atoms with Crippen molar-refractivity contribution >= 4 is 5.78 Å². The molecule has 0 N–H and O–H groups in total. The fourth-order valence-corrected chi connectivity index (χ4v) is 3.72. The highest BCUT2D eigenvalue weighted by molar-refractivity contribution is 5.79. The van der Waals surface area contributed by atoms with Crippen molar-refractivity contribution in [3.05, 3.63) is 0 Å². The van der Waals surface area contributed by atoms with E-state index in [-0.39, 0.29) is 0 Å². The third kappa shape index (κ3) is 3.56. The Morgan fingerprint density at radius 2 is 1.82 bits per heavy atom. The molecule has 0 radical (unpaired) electrons. The molecule has 2 saturated carbocycles. The van der Waals surface area contributed by atoms with Crippen LogP contribution in [0.1, 0.15) is 78.1 Å². The molecule has 1 nitrogen and oxygen atoms in total. The van der Waals surface area contributed by atoms with Gasteiger partial charge in [0.2, 0.25) is 0 Å². The zero-order valence-electron chi connectivity index (χ0n) is 11.6. The van der Waals surface area contributed by atoms with Gasteiger partial charge in [0.15, 0.2) is 0 Å². The maximum absolute atomic E-state index is 11.6. The molecule has 2 fully saturated rings. The zero-order chi connectivity index (χ0) is 12.3. The van der Waals surface area contributed by atoms with Gasteiger partial charge in [-0.1, -0.05) is 52.4 Å². The highest BCUT2D eigenvalue weighted by atomic mass is 16.1. The van der Waals surface area contributed by atoms with Gasteiger partial charge in [-0.15, -0.1) is 0 Å². The summed E-state index contributed by atoms with van der Waals surface area (Å²) in [5, 5.41) is 0. The van der Waals surface area contributed by atoms with E-state index in [1.807, 2.05) is 0 Å². The van der Waals surface area contributed by atoms with Crippen LogP contribution in [0.4, 0.5) is 0 Å². The SMILES string of the molecule is CC1(C)CCC(=O)CC1CCC1CCCCC1. The molecular formula is C16H28O. The highest BCUT2D eigenvalue weighted by Gasteiger charge is 2.35. The fourth-order valence-electron chi connectivity index (χ4n) is 3.72. The molecule has 1 unspecified atom stereocenters. The van der Waals surface area contributed by atoms with Crippen LogP contribution in [-0.2, 0) is 4.79 Å². The van der Waals surface area contributed by atoms with Crippen LogP contribution in [0, 0.1) is 17.3 Å². The smallest absolute Gasteiger partial charge is 0.133 e. The molecule has 98 valence electrons. The second-order valence-electron chi connectivity index (χ2n) is 7.01. The van der Waals surface area contributed by atoms with Crippen molar-refractivity contribution in [3.63, 3.8) is 0 Å². The Morgan fingerprint density at radius 3 is 2.53 bits per heavy atom. The third-order valence-corrected chi connectivity index (χ3v) is 5.28. The van der Waals surface area contributed by atoms with E-state index in [0.717, 1.165) is 25.2 Å². The summed E-state index contributed by atoms with van der Waals surface area (Å²) in [4.78, 5) is 11.6. The summed E-state index contributed by atoms with van der Waals surface area (Å²) >= 11 is 0. The Bertz CT molecular complexity index is 261. The van der Waals surface area contributed by atoms with Crippen LogP contribution < -0.4 is 0 Å². The zero-order valence-corrected chi connectivity index (χ0v) is 11.6. The Kier molecular flexibility index (Phi) is 4.27. The van der Waals surface area contributed by atoms with Gasteiger partial charge in [0.25, 0.3) is 0 Å². The lowest BCUT2D eigenvalue weighted by molar-refractivity contribution is -0.124. The first-order valence-electron chi connectivity index (χ1n) is 7.59. The van der Waals surface area contributed by atoms with E-state index in [1.54, 1.807) is 0 Å². The number of carbonyl (C=O) groups is 1. The fraction of sp³-hybridized carbons (Fsp3) is 0.938. The maximum Gasteiger partial charge on any atom is 0.133 e. The van der Waals surface area contributed by atoms with E-state index in [0.29, 0.717) is 17.1 Å². The number of rotatable bonds is 3. The predicted molar refractivity (Wildman–Crippen MR) is 71.9 cm³/mol. The van der Waals surface area contributed by atoms with Crippen molar-refractivity contribution in [2.24, 2.45) is 17.3 Å². The lowest BCUT2D eigenvalue weighted by atomic mass is 9.66. The van der Waals surface area contributed by atoms with Crippen LogP contribution >= 0.6 is 0 Å². The average molecular weight is 236 g/mol. The second kappa shape index (κ2) is 5.54. The summed E-state index contributed by atoms with van der Waals surface area (Å²) in [5.74, 6) is 2.14. The first-order chi connectivity index (χ1) is 8.08. The van der Waals surface area contributed by atoms with E-state index in [1.165, 1.54) is 44.9 Å². The van der Waals surface area contributed by atoms with Crippen molar-refractivity contribution in [1.29, 1.82) is 0 Å². The predicted octanol–water partition coefficient (Wildman–Crippen LogP) is 4.74. The average Bonchev–Trinajstić information content (AvgIpc) is 2.32. The molecule has 0 aromatic carbocycles. The summed E-state index contributed by atoms with van der Waals surface area (Å²) in [6.45, 7) is 4.73. The first kappa shape index (κ1) is 13.1. The number of ketones is 1. The van der Waals surface area contributed by atoms with Crippen molar-refractivity contribution in [1.82, 2.24) is 0 Å². The second-order valence-corrected chi connectivity index (χ2v) is 7.01. The monoisotopic (exact) mass is 236 g/mol. The number of hydrogen-bond acceptors (Lipinski definition) is 1. The Balaban J connectivity index is 1.81. The van der Waals surface area contributed by atoms with Gasteiger partial charge >= 0.3 is 0 Å². The lowest BCUT2D eigenvalue weighted by Crippen LogP contribution is -2.32. The van der Waals surface area contributed by atoms with Crippen molar-refractivity contribution < 1.29 is 4.79 Å². The molecule has 0 amide bonds. The summed E-state index contributed by atoms with van der Waals surface area (Å²) in [5.41, 5.74) is 0.405. The van der Waals surface area contributed by atoms with Gasteiger partial charge in [0.1, 0.15) is 5.78 Å². The summed E-state index contributed by atoms with van der Waals surface area (Å²) < 4.78 is 0. The standard InChI is InChI=1S/C16H28O/c1-16(2)11-10-15(17)12-14(16)9-8-13-6-4-3-5-7-13/h13-14H,3-12H2,1-2H3. The summed E-state index contributed by atoms with van der Waals surface area (Å²) in [7, 11) is 0. The number of hydrogen-bond donors (Lipinski definition) is 0. The van der Waals surface area contributed by atoms with Crippen LogP contribution in [-0.4, -0.2) is 5.78 Å². The molecule has 2 aliphatic rings. The molecule has 0 aliphatic heterocycles. The van der Waals surface area contributed by atoms with E-state index >= 15 is 0 Å². The Hall–Kier alpha value is -0.330. The molecule has 0 spiro atoms. The van der Waals surface area contributed by atoms with E-state index in [2.05, 4.69) is 13.8 Å².